The van der Waals surface area contributed by atoms with Crippen molar-refractivity contribution in [1.29, 1.82) is 0 Å². The van der Waals surface area contributed by atoms with Gasteiger partial charge in [0.2, 0.25) is 0 Å². The van der Waals surface area contributed by atoms with E-state index in [1.165, 1.54) is 0 Å². The van der Waals surface area contributed by atoms with Crippen LogP contribution in [0.4, 0.5) is 0 Å². The minimum absolute atomic E-state index is 0.131. The molecule has 0 spiro atoms. The SMILES string of the molecule is COC(C)(C)c1nc2cc(Cl)ccc2cc1O. The molecule has 90 valence electrons. The van der Waals surface area contributed by atoms with E-state index in [0.717, 1.165) is 10.9 Å². The Bertz CT molecular complexity index is 567. The number of aromatic hydroxyl groups is 1. The van der Waals surface area contributed by atoms with E-state index in [-0.39, 0.29) is 5.75 Å². The van der Waals surface area contributed by atoms with Crippen LogP contribution in [0.3, 0.4) is 0 Å². The van der Waals surface area contributed by atoms with Crippen LogP contribution in [-0.2, 0) is 10.3 Å². The third kappa shape index (κ3) is 2.21. The number of nitrogens with zero attached hydrogens (tertiary/aromatic N) is 1. The fourth-order valence-electron chi connectivity index (χ4n) is 1.67. The van der Waals surface area contributed by atoms with Crippen LogP contribution in [0.2, 0.25) is 5.02 Å². The normalized spacial score (nSPS) is 12.0. The van der Waals surface area contributed by atoms with E-state index in [2.05, 4.69) is 4.98 Å². The summed E-state index contributed by atoms with van der Waals surface area (Å²) in [5.41, 5.74) is 0.617. The van der Waals surface area contributed by atoms with Crippen LogP contribution in [0, 0.1) is 0 Å². The van der Waals surface area contributed by atoms with Gasteiger partial charge in [-0.05, 0) is 32.0 Å². The number of rotatable bonds is 2. The van der Waals surface area contributed by atoms with Crippen molar-refractivity contribution >= 4 is 22.5 Å². The first-order chi connectivity index (χ1) is 7.94. The number of halogens is 1. The summed E-state index contributed by atoms with van der Waals surface area (Å²) in [6, 6.07) is 7.04. The van der Waals surface area contributed by atoms with Crippen LogP contribution in [0.15, 0.2) is 24.3 Å². The van der Waals surface area contributed by atoms with Crippen molar-refractivity contribution in [3.8, 4) is 5.75 Å². The Morgan fingerprint density at radius 2 is 2.00 bits per heavy atom. The van der Waals surface area contributed by atoms with E-state index < -0.39 is 5.60 Å². The first-order valence-corrected chi connectivity index (χ1v) is 5.67. The van der Waals surface area contributed by atoms with Crippen molar-refractivity contribution in [1.82, 2.24) is 4.98 Å². The molecule has 0 saturated carbocycles. The van der Waals surface area contributed by atoms with Crippen LogP contribution in [0.5, 0.6) is 5.75 Å². The van der Waals surface area contributed by atoms with E-state index in [1.807, 2.05) is 19.9 Å². The predicted molar refractivity (Wildman–Crippen MR) is 68.5 cm³/mol. The molecule has 0 unspecified atom stereocenters. The summed E-state index contributed by atoms with van der Waals surface area (Å²) < 4.78 is 5.33. The molecule has 0 fully saturated rings. The third-order valence-electron chi connectivity index (χ3n) is 2.84. The van der Waals surface area contributed by atoms with Gasteiger partial charge in [-0.15, -0.1) is 0 Å². The van der Waals surface area contributed by atoms with Crippen molar-refractivity contribution in [3.63, 3.8) is 0 Å². The Morgan fingerprint density at radius 1 is 1.29 bits per heavy atom. The van der Waals surface area contributed by atoms with E-state index in [9.17, 15) is 5.11 Å². The number of hydrogen-bond donors (Lipinski definition) is 1. The van der Waals surface area contributed by atoms with Crippen LogP contribution in [-0.4, -0.2) is 17.2 Å². The molecule has 4 heteroatoms. The largest absolute Gasteiger partial charge is 0.506 e. The molecule has 1 N–H and O–H groups in total. The van der Waals surface area contributed by atoms with Crippen molar-refractivity contribution in [2.75, 3.05) is 7.11 Å². The quantitative estimate of drug-likeness (QED) is 0.889. The Kier molecular flexibility index (Phi) is 2.98. The summed E-state index contributed by atoms with van der Waals surface area (Å²) in [5.74, 6) is 0.131. The highest BCUT2D eigenvalue weighted by Crippen LogP contribution is 2.32. The molecule has 2 rings (SSSR count). The van der Waals surface area contributed by atoms with Crippen LogP contribution < -0.4 is 0 Å². The maximum absolute atomic E-state index is 9.97. The second-order valence-electron chi connectivity index (χ2n) is 4.41. The lowest BCUT2D eigenvalue weighted by Gasteiger charge is -2.23. The predicted octanol–water partition coefficient (Wildman–Crippen LogP) is 3.48. The molecule has 1 heterocycles. The average molecular weight is 252 g/mol. The van der Waals surface area contributed by atoms with E-state index >= 15 is 0 Å². The second kappa shape index (κ2) is 4.17. The van der Waals surface area contributed by atoms with Gasteiger partial charge in [0.1, 0.15) is 17.0 Å². The first-order valence-electron chi connectivity index (χ1n) is 5.29. The lowest BCUT2D eigenvalue weighted by atomic mass is 10.0. The van der Waals surface area contributed by atoms with Gasteiger partial charge in [0.05, 0.1) is 5.52 Å². The van der Waals surface area contributed by atoms with Gasteiger partial charge in [0.15, 0.2) is 0 Å². The summed E-state index contributed by atoms with van der Waals surface area (Å²) in [6.45, 7) is 3.71. The van der Waals surface area contributed by atoms with Crippen molar-refractivity contribution in [3.05, 3.63) is 35.0 Å². The van der Waals surface area contributed by atoms with Crippen molar-refractivity contribution in [2.45, 2.75) is 19.4 Å². The minimum Gasteiger partial charge on any atom is -0.506 e. The summed E-state index contributed by atoms with van der Waals surface area (Å²) in [4.78, 5) is 4.42. The first kappa shape index (κ1) is 12.1. The lowest BCUT2D eigenvalue weighted by molar-refractivity contribution is 0.0138. The lowest BCUT2D eigenvalue weighted by Crippen LogP contribution is -2.21. The van der Waals surface area contributed by atoms with Crippen LogP contribution >= 0.6 is 11.6 Å². The topological polar surface area (TPSA) is 42.4 Å². The minimum atomic E-state index is -0.638. The van der Waals surface area contributed by atoms with Gasteiger partial charge in [-0.1, -0.05) is 17.7 Å². The molecule has 0 aliphatic rings. The molecule has 0 atom stereocenters. The summed E-state index contributed by atoms with van der Waals surface area (Å²) in [5, 5.41) is 11.4. The summed E-state index contributed by atoms with van der Waals surface area (Å²) in [6.07, 6.45) is 0. The molecule has 2 aromatic rings. The maximum Gasteiger partial charge on any atom is 0.140 e. The number of benzene rings is 1. The molecule has 17 heavy (non-hydrogen) atoms. The van der Waals surface area contributed by atoms with Gasteiger partial charge in [-0.3, -0.25) is 0 Å². The number of hydrogen-bond acceptors (Lipinski definition) is 3. The monoisotopic (exact) mass is 251 g/mol. The molecular weight excluding hydrogens is 238 g/mol. The number of ether oxygens (including phenoxy) is 1. The molecule has 0 saturated heterocycles. The number of fused-ring (bicyclic) bond motifs is 1. The van der Waals surface area contributed by atoms with Gasteiger partial charge in [0, 0.05) is 17.5 Å². The molecule has 1 aromatic heterocycles. The number of aromatic nitrogens is 1. The number of methoxy groups -OCH3 is 1. The summed E-state index contributed by atoms with van der Waals surface area (Å²) >= 11 is 5.93. The van der Waals surface area contributed by atoms with E-state index in [4.69, 9.17) is 16.3 Å². The van der Waals surface area contributed by atoms with Gasteiger partial charge in [-0.2, -0.15) is 0 Å². The zero-order valence-electron chi connectivity index (χ0n) is 9.99. The van der Waals surface area contributed by atoms with E-state index in [1.54, 1.807) is 25.3 Å². The Labute approximate surface area is 105 Å². The maximum atomic E-state index is 9.97. The fraction of sp³-hybridized carbons (Fsp3) is 0.308. The Balaban J connectivity index is 2.69. The Hall–Kier alpha value is -1.32. The van der Waals surface area contributed by atoms with Gasteiger partial charge in [0.25, 0.3) is 0 Å². The molecule has 0 radical (unpaired) electrons. The van der Waals surface area contributed by atoms with Gasteiger partial charge >= 0.3 is 0 Å². The number of pyridine rings is 1. The highest BCUT2D eigenvalue weighted by Gasteiger charge is 2.25. The zero-order valence-corrected chi connectivity index (χ0v) is 10.7. The summed E-state index contributed by atoms with van der Waals surface area (Å²) in [7, 11) is 1.59. The molecule has 3 nitrogen and oxygen atoms in total. The Morgan fingerprint density at radius 3 is 2.65 bits per heavy atom. The zero-order chi connectivity index (χ0) is 12.6. The highest BCUT2D eigenvalue weighted by atomic mass is 35.5. The molecule has 0 amide bonds. The van der Waals surface area contributed by atoms with E-state index in [0.29, 0.717) is 10.7 Å². The molecule has 0 aliphatic carbocycles. The highest BCUT2D eigenvalue weighted by molar-refractivity contribution is 6.31. The molecule has 0 aliphatic heterocycles. The molecule has 0 bridgehead atoms. The standard InChI is InChI=1S/C13H14ClNO2/c1-13(2,17-3)12-11(16)6-8-4-5-9(14)7-10(8)15-12/h4-7,16H,1-3H3. The van der Waals surface area contributed by atoms with Crippen molar-refractivity contribution in [2.24, 2.45) is 0 Å². The average Bonchev–Trinajstić information content (AvgIpc) is 2.28. The van der Waals surface area contributed by atoms with Crippen LogP contribution in [0.1, 0.15) is 19.5 Å². The van der Waals surface area contributed by atoms with Gasteiger partial charge in [-0.25, -0.2) is 4.98 Å². The fourth-order valence-corrected chi connectivity index (χ4v) is 1.84. The molecular formula is C13H14ClNO2. The third-order valence-corrected chi connectivity index (χ3v) is 3.08. The molecule has 1 aromatic carbocycles. The van der Waals surface area contributed by atoms with Crippen molar-refractivity contribution < 1.29 is 9.84 Å². The second-order valence-corrected chi connectivity index (χ2v) is 4.84. The van der Waals surface area contributed by atoms with Gasteiger partial charge < -0.3 is 9.84 Å². The van der Waals surface area contributed by atoms with Crippen LogP contribution in [0.25, 0.3) is 10.9 Å². The smallest absolute Gasteiger partial charge is 0.140 e.